The van der Waals surface area contributed by atoms with E-state index in [1.165, 1.54) is 11.3 Å². The lowest BCUT2D eigenvalue weighted by Crippen LogP contribution is -2.58. The molecular weight excluding hydrogens is 448 g/mol. The third-order valence-corrected chi connectivity index (χ3v) is 7.58. The minimum atomic E-state index is -1.08. The van der Waals surface area contributed by atoms with E-state index in [0.717, 1.165) is 30.1 Å². The van der Waals surface area contributed by atoms with E-state index in [9.17, 15) is 19.2 Å². The van der Waals surface area contributed by atoms with Crippen LogP contribution in [0.5, 0.6) is 0 Å². The van der Waals surface area contributed by atoms with Crippen molar-refractivity contribution >= 4 is 35.0 Å². The lowest BCUT2D eigenvalue weighted by molar-refractivity contribution is -0.141. The van der Waals surface area contributed by atoms with Gasteiger partial charge in [-0.3, -0.25) is 19.2 Å². The molecule has 12 heteroatoms. The Labute approximate surface area is 196 Å². The molecule has 0 radical (unpaired) electrons. The highest BCUT2D eigenvalue weighted by atomic mass is 32.1. The fraction of sp³-hybridized carbons (Fsp3) is 0.667. The van der Waals surface area contributed by atoms with Gasteiger partial charge in [-0.05, 0) is 26.3 Å². The maximum Gasteiger partial charge on any atom is 0.309 e. The van der Waals surface area contributed by atoms with Crippen molar-refractivity contribution in [2.24, 2.45) is 11.7 Å². The van der Waals surface area contributed by atoms with Crippen molar-refractivity contribution in [2.45, 2.75) is 44.3 Å². The molecule has 11 nitrogen and oxygen atoms in total. The van der Waals surface area contributed by atoms with Gasteiger partial charge in [-0.25, -0.2) is 4.98 Å². The zero-order valence-electron chi connectivity index (χ0n) is 18.7. The van der Waals surface area contributed by atoms with Gasteiger partial charge in [0.1, 0.15) is 0 Å². The molecule has 0 aromatic carbocycles. The molecule has 4 N–H and O–H groups in total. The number of primary amides is 1. The van der Waals surface area contributed by atoms with Crippen LogP contribution in [0, 0.1) is 5.92 Å². The molecule has 3 heterocycles. The number of ether oxygens (including phenoxy) is 1. The van der Waals surface area contributed by atoms with Gasteiger partial charge >= 0.3 is 11.8 Å². The average Bonchev–Trinajstić information content (AvgIpc) is 3.23. The Morgan fingerprint density at radius 2 is 1.85 bits per heavy atom. The molecule has 1 saturated heterocycles. The molecule has 0 unspecified atom stereocenters. The van der Waals surface area contributed by atoms with Crippen molar-refractivity contribution in [1.29, 1.82) is 0 Å². The number of carbonyl (C=O) groups is 4. The molecule has 1 aromatic rings. The van der Waals surface area contributed by atoms with Gasteiger partial charge < -0.3 is 30.9 Å². The normalized spacial score (nSPS) is 25.7. The van der Waals surface area contributed by atoms with Crippen molar-refractivity contribution < 1.29 is 23.9 Å². The van der Waals surface area contributed by atoms with Gasteiger partial charge in [-0.15, -0.1) is 11.3 Å². The molecular formula is C21H30N6O5S. The second-order valence-corrected chi connectivity index (χ2v) is 9.93. The molecule has 0 spiro atoms. The van der Waals surface area contributed by atoms with Gasteiger partial charge in [0, 0.05) is 49.4 Å². The van der Waals surface area contributed by atoms with E-state index >= 15 is 0 Å². The van der Waals surface area contributed by atoms with Crippen LogP contribution in [0.1, 0.15) is 39.6 Å². The van der Waals surface area contributed by atoms with Gasteiger partial charge in [-0.1, -0.05) is 0 Å². The smallest absolute Gasteiger partial charge is 0.309 e. The maximum absolute atomic E-state index is 13.1. The first-order valence-corrected chi connectivity index (χ1v) is 12.1. The Hall–Kier alpha value is -2.57. The average molecular weight is 479 g/mol. The molecule has 3 atom stereocenters. The standard InChI is InChI=1S/C21H30N6O5S/c1-26-5-4-14-16(11-26)33-20(25-14)19(30)24-15-10-12(21(31)27-6-8-32-9-7-27)2-3-13(15)23-18(29)17(22)28/h12-13,15H,2-11H2,1H3,(H2,22,28)(H,23,29)(H,24,30)/t12-,13-,15+/m0/s1. The zero-order valence-corrected chi connectivity index (χ0v) is 19.5. The summed E-state index contributed by atoms with van der Waals surface area (Å²) in [7, 11) is 2.03. The van der Waals surface area contributed by atoms with Crippen LogP contribution >= 0.6 is 11.3 Å². The van der Waals surface area contributed by atoms with Gasteiger partial charge in [-0.2, -0.15) is 0 Å². The topological polar surface area (TPSA) is 147 Å². The van der Waals surface area contributed by atoms with E-state index in [1.54, 1.807) is 4.90 Å². The number of morpholine rings is 1. The summed E-state index contributed by atoms with van der Waals surface area (Å²) >= 11 is 1.37. The monoisotopic (exact) mass is 478 g/mol. The van der Waals surface area contributed by atoms with Crippen LogP contribution in [0.3, 0.4) is 0 Å². The molecule has 3 aliphatic rings. The molecule has 4 rings (SSSR count). The molecule has 1 aliphatic carbocycles. The summed E-state index contributed by atoms with van der Waals surface area (Å²) in [4.78, 5) is 58.9. The number of nitrogens with two attached hydrogens (primary N) is 1. The van der Waals surface area contributed by atoms with Gasteiger partial charge in [0.05, 0.1) is 24.9 Å². The summed E-state index contributed by atoms with van der Waals surface area (Å²) < 4.78 is 5.33. The highest BCUT2D eigenvalue weighted by Gasteiger charge is 2.38. The van der Waals surface area contributed by atoms with Crippen LogP contribution in [0.15, 0.2) is 0 Å². The minimum Gasteiger partial charge on any atom is -0.378 e. The van der Waals surface area contributed by atoms with Crippen LogP contribution in [0.2, 0.25) is 0 Å². The van der Waals surface area contributed by atoms with Crippen LogP contribution in [0.4, 0.5) is 0 Å². The summed E-state index contributed by atoms with van der Waals surface area (Å²) in [6.07, 6.45) is 2.15. The number of aromatic nitrogens is 1. The van der Waals surface area contributed by atoms with Gasteiger partial charge in [0.15, 0.2) is 5.01 Å². The third kappa shape index (κ3) is 5.50. The van der Waals surface area contributed by atoms with Crippen LogP contribution in [0.25, 0.3) is 0 Å². The van der Waals surface area contributed by atoms with Crippen LogP contribution in [-0.4, -0.2) is 90.4 Å². The van der Waals surface area contributed by atoms with Crippen molar-refractivity contribution in [3.05, 3.63) is 15.6 Å². The van der Waals surface area contributed by atoms with Crippen molar-refractivity contribution in [2.75, 3.05) is 39.9 Å². The van der Waals surface area contributed by atoms with E-state index in [0.29, 0.717) is 50.6 Å². The summed E-state index contributed by atoms with van der Waals surface area (Å²) in [6.45, 7) is 3.78. The molecule has 4 amide bonds. The first-order valence-electron chi connectivity index (χ1n) is 11.3. The van der Waals surface area contributed by atoms with E-state index in [-0.39, 0.29) is 17.7 Å². The van der Waals surface area contributed by atoms with Crippen LogP contribution < -0.4 is 16.4 Å². The highest BCUT2D eigenvalue weighted by Crippen LogP contribution is 2.29. The Kier molecular flexibility index (Phi) is 7.25. The third-order valence-electron chi connectivity index (χ3n) is 6.50. The molecule has 2 aliphatic heterocycles. The second kappa shape index (κ2) is 10.1. The zero-order chi connectivity index (χ0) is 23.5. The Morgan fingerprint density at radius 3 is 2.58 bits per heavy atom. The maximum atomic E-state index is 13.1. The lowest BCUT2D eigenvalue weighted by Gasteiger charge is -2.38. The fourth-order valence-electron chi connectivity index (χ4n) is 4.66. The molecule has 33 heavy (non-hydrogen) atoms. The van der Waals surface area contributed by atoms with Crippen molar-refractivity contribution in [3.8, 4) is 0 Å². The van der Waals surface area contributed by atoms with Gasteiger partial charge in [0.2, 0.25) is 5.91 Å². The Morgan fingerprint density at radius 1 is 1.09 bits per heavy atom. The number of nitrogens with zero attached hydrogens (tertiary/aromatic N) is 3. The first-order chi connectivity index (χ1) is 15.8. The number of thiazole rings is 1. The van der Waals surface area contributed by atoms with E-state index in [4.69, 9.17) is 10.5 Å². The summed E-state index contributed by atoms with van der Waals surface area (Å²) in [6, 6.07) is -1.02. The minimum absolute atomic E-state index is 0.0324. The number of nitrogens with one attached hydrogen (secondary N) is 2. The lowest BCUT2D eigenvalue weighted by atomic mass is 9.81. The highest BCUT2D eigenvalue weighted by molar-refractivity contribution is 7.13. The summed E-state index contributed by atoms with van der Waals surface area (Å²) in [5.41, 5.74) is 6.06. The summed E-state index contributed by atoms with van der Waals surface area (Å²) in [5, 5.41) is 5.97. The first kappa shape index (κ1) is 23.6. The number of hydrogen-bond acceptors (Lipinski definition) is 8. The molecule has 180 valence electrons. The number of rotatable bonds is 4. The molecule has 0 bridgehead atoms. The predicted molar refractivity (Wildman–Crippen MR) is 119 cm³/mol. The van der Waals surface area contributed by atoms with Gasteiger partial charge in [0.25, 0.3) is 5.91 Å². The number of likely N-dealkylation sites (N-methyl/N-ethyl adjacent to an activating group) is 1. The largest absolute Gasteiger partial charge is 0.378 e. The number of hydrogen-bond donors (Lipinski definition) is 3. The fourth-order valence-corrected chi connectivity index (χ4v) is 5.75. The van der Waals surface area contributed by atoms with Crippen molar-refractivity contribution in [1.82, 2.24) is 25.4 Å². The predicted octanol–water partition coefficient (Wildman–Crippen LogP) is -1.14. The number of fused-ring (bicyclic) bond motifs is 1. The van der Waals surface area contributed by atoms with E-state index in [1.807, 2.05) is 7.05 Å². The SMILES string of the molecule is CN1CCc2nc(C(=O)N[C@@H]3C[C@@H](C(=O)N4CCOCC4)CC[C@@H]3NC(=O)C(N)=O)sc2C1. The second-order valence-electron chi connectivity index (χ2n) is 8.85. The summed E-state index contributed by atoms with van der Waals surface area (Å²) in [5.74, 6) is -2.56. The number of carbonyl (C=O) groups excluding carboxylic acids is 4. The van der Waals surface area contributed by atoms with E-state index in [2.05, 4.69) is 20.5 Å². The molecule has 2 fully saturated rings. The van der Waals surface area contributed by atoms with Crippen molar-refractivity contribution in [3.63, 3.8) is 0 Å². The number of amides is 4. The Bertz CT molecular complexity index is 930. The Balaban J connectivity index is 1.47. The quantitative estimate of drug-likeness (QED) is 0.464. The van der Waals surface area contributed by atoms with E-state index < -0.39 is 23.9 Å². The molecule has 1 saturated carbocycles. The molecule has 1 aromatic heterocycles. The van der Waals surface area contributed by atoms with Crippen LogP contribution in [-0.2, 0) is 32.1 Å².